The molecule has 2 aromatic rings. The molecule has 0 radical (unpaired) electrons. The van der Waals surface area contributed by atoms with Crippen LogP contribution in [0.25, 0.3) is 11.0 Å². The largest absolute Gasteiger partial charge is 0.354 e. The second-order valence-electron chi connectivity index (χ2n) is 3.90. The summed E-state index contributed by atoms with van der Waals surface area (Å²) in [7, 11) is 0. The second-order valence-corrected chi connectivity index (χ2v) is 4.82. The highest BCUT2D eigenvalue weighted by Crippen LogP contribution is 2.29. The summed E-state index contributed by atoms with van der Waals surface area (Å²) in [6.07, 6.45) is 0.261. The molecular formula is C11H8BrN3O3. The molecule has 1 aliphatic rings. The molecule has 1 aromatic heterocycles. The lowest BCUT2D eigenvalue weighted by Gasteiger charge is -2.24. The van der Waals surface area contributed by atoms with Crippen LogP contribution in [0.2, 0.25) is 0 Å². The van der Waals surface area contributed by atoms with E-state index in [1.54, 1.807) is 6.07 Å². The fourth-order valence-electron chi connectivity index (χ4n) is 1.86. The molecule has 1 aliphatic heterocycles. The summed E-state index contributed by atoms with van der Waals surface area (Å²) in [5.74, 6) is 0.161. The minimum atomic E-state index is -0.468. The van der Waals surface area contributed by atoms with E-state index in [1.807, 2.05) is 12.1 Å². The third-order valence-corrected chi connectivity index (χ3v) is 3.22. The number of carbonyl (C=O) groups is 2. The van der Waals surface area contributed by atoms with Crippen LogP contribution in [0.15, 0.2) is 27.2 Å². The molecule has 18 heavy (non-hydrogen) atoms. The van der Waals surface area contributed by atoms with Crippen LogP contribution in [0.1, 0.15) is 6.42 Å². The molecule has 1 N–H and O–H groups in total. The first-order valence-corrected chi connectivity index (χ1v) is 6.11. The molecule has 1 aromatic carbocycles. The van der Waals surface area contributed by atoms with Gasteiger partial charge in [0, 0.05) is 17.4 Å². The second kappa shape index (κ2) is 4.09. The van der Waals surface area contributed by atoms with Crippen LogP contribution in [0.5, 0.6) is 0 Å². The van der Waals surface area contributed by atoms with Crippen LogP contribution in [-0.4, -0.2) is 23.6 Å². The van der Waals surface area contributed by atoms with E-state index in [0.29, 0.717) is 17.9 Å². The molecule has 0 unspecified atom stereocenters. The molecule has 3 amide bonds. The van der Waals surface area contributed by atoms with Crippen LogP contribution >= 0.6 is 15.9 Å². The average Bonchev–Trinajstić information content (AvgIpc) is 2.72. The van der Waals surface area contributed by atoms with Gasteiger partial charge in [0.2, 0.25) is 5.91 Å². The van der Waals surface area contributed by atoms with Crippen LogP contribution in [0, 0.1) is 0 Å². The van der Waals surface area contributed by atoms with Gasteiger partial charge in [-0.15, -0.1) is 0 Å². The van der Waals surface area contributed by atoms with E-state index in [1.165, 1.54) is 4.90 Å². The minimum Gasteiger partial charge on any atom is -0.354 e. The van der Waals surface area contributed by atoms with Gasteiger partial charge in [-0.3, -0.25) is 15.0 Å². The number of hydrogen-bond acceptors (Lipinski definition) is 4. The summed E-state index contributed by atoms with van der Waals surface area (Å²) in [5, 5.41) is 6.88. The highest BCUT2D eigenvalue weighted by Gasteiger charge is 2.27. The molecule has 0 atom stereocenters. The number of benzene rings is 1. The molecule has 0 aliphatic carbocycles. The number of rotatable bonds is 1. The van der Waals surface area contributed by atoms with Gasteiger partial charge in [0.05, 0.1) is 5.39 Å². The lowest BCUT2D eigenvalue weighted by molar-refractivity contribution is -0.120. The van der Waals surface area contributed by atoms with E-state index in [9.17, 15) is 9.59 Å². The maximum atomic E-state index is 11.7. The predicted octanol–water partition coefficient (Wildman–Crippen LogP) is 2.04. The van der Waals surface area contributed by atoms with Gasteiger partial charge in [-0.05, 0) is 18.2 Å². The van der Waals surface area contributed by atoms with Gasteiger partial charge in [-0.2, -0.15) is 0 Å². The molecule has 3 rings (SSSR count). The first-order chi connectivity index (χ1) is 8.65. The Morgan fingerprint density at radius 1 is 1.39 bits per heavy atom. The Labute approximate surface area is 110 Å². The summed E-state index contributed by atoms with van der Waals surface area (Å²) in [6, 6.07) is 4.97. The maximum Gasteiger partial charge on any atom is 0.329 e. The van der Waals surface area contributed by atoms with Crippen molar-refractivity contribution in [2.75, 3.05) is 11.4 Å². The van der Waals surface area contributed by atoms with E-state index < -0.39 is 6.03 Å². The van der Waals surface area contributed by atoms with E-state index in [0.717, 1.165) is 9.86 Å². The number of fused-ring (bicyclic) bond motifs is 1. The molecule has 0 bridgehead atoms. The maximum absolute atomic E-state index is 11.7. The van der Waals surface area contributed by atoms with Crippen molar-refractivity contribution in [1.82, 2.24) is 10.5 Å². The monoisotopic (exact) mass is 309 g/mol. The summed E-state index contributed by atoms with van der Waals surface area (Å²) < 4.78 is 6.04. The van der Waals surface area contributed by atoms with Crippen molar-refractivity contribution in [1.29, 1.82) is 0 Å². The van der Waals surface area contributed by atoms with E-state index >= 15 is 0 Å². The summed E-state index contributed by atoms with van der Waals surface area (Å²) in [4.78, 5) is 24.2. The van der Waals surface area contributed by atoms with Crippen LogP contribution < -0.4 is 10.2 Å². The first kappa shape index (κ1) is 11.2. The molecule has 1 saturated heterocycles. The summed E-state index contributed by atoms with van der Waals surface area (Å²) >= 11 is 3.33. The topological polar surface area (TPSA) is 75.4 Å². The Hall–Kier alpha value is -1.89. The zero-order chi connectivity index (χ0) is 12.7. The van der Waals surface area contributed by atoms with Gasteiger partial charge in [0.25, 0.3) is 0 Å². The van der Waals surface area contributed by atoms with Gasteiger partial charge in [0.1, 0.15) is 0 Å². The number of nitrogens with zero attached hydrogens (tertiary/aromatic N) is 2. The quantitative estimate of drug-likeness (QED) is 0.874. The van der Waals surface area contributed by atoms with Crippen molar-refractivity contribution >= 4 is 44.7 Å². The number of halogens is 1. The van der Waals surface area contributed by atoms with Gasteiger partial charge in [0.15, 0.2) is 11.4 Å². The Balaban J connectivity index is 2.04. The van der Waals surface area contributed by atoms with Crippen molar-refractivity contribution in [2.45, 2.75) is 6.42 Å². The number of urea groups is 1. The number of amides is 3. The standard InChI is InChI=1S/C11H8BrN3O3/c12-6-1-2-7-8(5-6)18-14-10(7)15-4-3-9(16)13-11(15)17/h1-2,5H,3-4H2,(H,13,16,17). The van der Waals surface area contributed by atoms with E-state index in [-0.39, 0.29) is 12.3 Å². The van der Waals surface area contributed by atoms with Crippen LogP contribution in [-0.2, 0) is 4.79 Å². The van der Waals surface area contributed by atoms with Crippen LogP contribution in [0.4, 0.5) is 10.6 Å². The Bertz CT molecular complexity index is 652. The molecule has 2 heterocycles. The first-order valence-electron chi connectivity index (χ1n) is 5.31. The number of anilines is 1. The zero-order valence-electron chi connectivity index (χ0n) is 9.14. The van der Waals surface area contributed by atoms with Gasteiger partial charge >= 0.3 is 6.03 Å². The number of aromatic nitrogens is 1. The number of nitrogens with one attached hydrogen (secondary N) is 1. The number of hydrogen-bond donors (Lipinski definition) is 1. The van der Waals surface area contributed by atoms with Gasteiger partial charge in [-0.1, -0.05) is 21.1 Å². The van der Waals surface area contributed by atoms with Crippen molar-refractivity contribution in [3.63, 3.8) is 0 Å². The lowest BCUT2D eigenvalue weighted by Crippen LogP contribution is -2.49. The molecular weight excluding hydrogens is 302 g/mol. The Morgan fingerprint density at radius 3 is 3.00 bits per heavy atom. The normalized spacial score (nSPS) is 16.2. The van der Waals surface area contributed by atoms with Crippen molar-refractivity contribution in [3.8, 4) is 0 Å². The van der Waals surface area contributed by atoms with Crippen molar-refractivity contribution in [3.05, 3.63) is 22.7 Å². The Morgan fingerprint density at radius 2 is 2.22 bits per heavy atom. The minimum absolute atomic E-state index is 0.261. The lowest BCUT2D eigenvalue weighted by atomic mass is 10.2. The van der Waals surface area contributed by atoms with E-state index in [4.69, 9.17) is 4.52 Å². The average molecular weight is 310 g/mol. The predicted molar refractivity (Wildman–Crippen MR) is 67.2 cm³/mol. The van der Waals surface area contributed by atoms with Gasteiger partial charge < -0.3 is 4.52 Å². The van der Waals surface area contributed by atoms with Crippen molar-refractivity contribution < 1.29 is 14.1 Å². The molecule has 7 heteroatoms. The molecule has 92 valence electrons. The number of carbonyl (C=O) groups excluding carboxylic acids is 2. The highest BCUT2D eigenvalue weighted by atomic mass is 79.9. The Kier molecular flexibility index (Phi) is 2.55. The fourth-order valence-corrected chi connectivity index (χ4v) is 2.20. The van der Waals surface area contributed by atoms with E-state index in [2.05, 4.69) is 26.4 Å². The molecule has 0 saturated carbocycles. The van der Waals surface area contributed by atoms with Gasteiger partial charge in [-0.25, -0.2) is 4.79 Å². The third-order valence-electron chi connectivity index (χ3n) is 2.72. The smallest absolute Gasteiger partial charge is 0.329 e. The van der Waals surface area contributed by atoms with Crippen molar-refractivity contribution in [2.24, 2.45) is 0 Å². The van der Waals surface area contributed by atoms with Crippen LogP contribution in [0.3, 0.4) is 0 Å². The highest BCUT2D eigenvalue weighted by molar-refractivity contribution is 9.10. The zero-order valence-corrected chi connectivity index (χ0v) is 10.7. The summed E-state index contributed by atoms with van der Waals surface area (Å²) in [5.41, 5.74) is 0.587. The molecule has 0 spiro atoms. The fraction of sp³-hybridized carbons (Fsp3) is 0.182. The molecule has 1 fully saturated rings. The molecule has 6 nitrogen and oxygen atoms in total. The SMILES string of the molecule is O=C1CCN(c2noc3cc(Br)ccc23)C(=O)N1. The summed E-state index contributed by atoms with van der Waals surface area (Å²) in [6.45, 7) is 0.308. The number of imide groups is 1. The third kappa shape index (κ3) is 1.76.